The van der Waals surface area contributed by atoms with Gasteiger partial charge >= 0.3 is 0 Å². The zero-order valence-electron chi connectivity index (χ0n) is 21.9. The zero-order valence-corrected chi connectivity index (χ0v) is 21.9. The molecule has 1 nitrogen and oxygen atoms in total. The monoisotopic (exact) mass is 438 g/mol. The predicted molar refractivity (Wildman–Crippen MR) is 137 cm³/mol. The van der Waals surface area contributed by atoms with Crippen LogP contribution in [0.1, 0.15) is 99.3 Å². The van der Waals surface area contributed by atoms with Gasteiger partial charge in [-0.3, -0.25) is 0 Å². The molecule has 0 unspecified atom stereocenters. The van der Waals surface area contributed by atoms with Crippen LogP contribution in [0.25, 0.3) is 0 Å². The van der Waals surface area contributed by atoms with Crippen molar-refractivity contribution in [3.63, 3.8) is 0 Å². The molecule has 0 spiro atoms. The van der Waals surface area contributed by atoms with E-state index in [-0.39, 0.29) is 6.10 Å². The molecule has 0 bridgehead atoms. The van der Waals surface area contributed by atoms with Gasteiger partial charge < -0.3 is 5.11 Å². The molecule has 0 radical (unpaired) electrons. The van der Waals surface area contributed by atoms with Crippen LogP contribution >= 0.6 is 0 Å². The van der Waals surface area contributed by atoms with Gasteiger partial charge in [-0.05, 0) is 110 Å². The van der Waals surface area contributed by atoms with Gasteiger partial charge in [-0.1, -0.05) is 77.5 Å². The topological polar surface area (TPSA) is 20.2 Å². The van der Waals surface area contributed by atoms with Crippen molar-refractivity contribution in [1.82, 2.24) is 0 Å². The summed E-state index contributed by atoms with van der Waals surface area (Å²) in [5.41, 5.74) is 3.84. The normalized spacial score (nSPS) is 43.4. The summed E-state index contributed by atoms with van der Waals surface area (Å²) in [7, 11) is 0. The summed E-state index contributed by atoms with van der Waals surface area (Å²) in [5.74, 6) is 5.22. The van der Waals surface area contributed by atoms with Crippen LogP contribution in [0.2, 0.25) is 0 Å². The molecule has 32 heavy (non-hydrogen) atoms. The molecule has 0 aromatic heterocycles. The Bertz CT molecular complexity index is 758. The molecule has 0 aromatic carbocycles. The first-order valence-corrected chi connectivity index (χ1v) is 13.8. The number of fused-ring (bicyclic) bond motifs is 5. The second kappa shape index (κ2) is 9.09. The van der Waals surface area contributed by atoms with Gasteiger partial charge in [-0.15, -0.1) is 0 Å². The highest BCUT2D eigenvalue weighted by Crippen LogP contribution is 2.67. The summed E-state index contributed by atoms with van der Waals surface area (Å²) < 4.78 is 0. The van der Waals surface area contributed by atoms with E-state index in [4.69, 9.17) is 0 Å². The molecule has 180 valence electrons. The van der Waals surface area contributed by atoms with Crippen LogP contribution < -0.4 is 0 Å². The van der Waals surface area contributed by atoms with Crippen LogP contribution in [0.4, 0.5) is 0 Å². The molecule has 3 fully saturated rings. The first kappa shape index (κ1) is 24.3. The van der Waals surface area contributed by atoms with Gasteiger partial charge in [-0.25, -0.2) is 0 Å². The Morgan fingerprint density at radius 1 is 1.09 bits per heavy atom. The minimum absolute atomic E-state index is 0.0957. The van der Waals surface area contributed by atoms with Crippen molar-refractivity contribution in [2.24, 2.45) is 52.3 Å². The second-order valence-electron chi connectivity index (χ2n) is 12.9. The number of aliphatic hydroxyl groups excluding tert-OH is 1. The van der Waals surface area contributed by atoms with Crippen LogP contribution in [0.5, 0.6) is 0 Å². The Hall–Kier alpha value is -0.820. The molecule has 9 atom stereocenters. The standard InChI is InChI=1S/C31H50O/c1-8-21(4)25(20(2)3)11-9-22(5)27-13-14-28-26-12-10-23-19-24(32)15-17-30(23,6)29(26)16-18-31(27,28)7/h9-11,20,22,24-29,32H,4,8,12-19H2,1-3,5-7H3/t22-,24+,25+,26+,27-,28+,29+,30+,31-/m1/s1. The van der Waals surface area contributed by atoms with Crippen molar-refractivity contribution >= 4 is 0 Å². The molecule has 0 amide bonds. The van der Waals surface area contributed by atoms with E-state index < -0.39 is 0 Å². The first-order valence-electron chi connectivity index (χ1n) is 13.8. The Morgan fingerprint density at radius 3 is 2.53 bits per heavy atom. The number of allylic oxidation sites excluding steroid dienone is 4. The van der Waals surface area contributed by atoms with Gasteiger partial charge in [0.15, 0.2) is 0 Å². The molecule has 4 aliphatic carbocycles. The summed E-state index contributed by atoms with van der Waals surface area (Å²) in [5, 5.41) is 10.3. The average molecular weight is 439 g/mol. The average Bonchev–Trinajstić information content (AvgIpc) is 3.11. The molecule has 4 aliphatic rings. The SMILES string of the molecule is C=C(CC)[C@@H](C=C[C@@H](C)[C@H]1CC[C@H]2[C@@H]3CC=C4C[C@@H](O)CC[C@]4(C)[C@H]3CC[C@]12C)C(C)C. The fourth-order valence-electron chi connectivity index (χ4n) is 9.04. The molecule has 3 saturated carbocycles. The van der Waals surface area contributed by atoms with Gasteiger partial charge in [0.25, 0.3) is 0 Å². The third-order valence-electron chi connectivity index (χ3n) is 11.1. The second-order valence-corrected chi connectivity index (χ2v) is 12.9. The molecule has 0 saturated heterocycles. The maximum absolute atomic E-state index is 10.3. The fraction of sp³-hybridized carbons (Fsp3) is 0.806. The molecular formula is C31H50O. The smallest absolute Gasteiger partial charge is 0.0577 e. The van der Waals surface area contributed by atoms with Gasteiger partial charge in [0.05, 0.1) is 6.10 Å². The number of hydrogen-bond donors (Lipinski definition) is 1. The van der Waals surface area contributed by atoms with Gasteiger partial charge in [0.1, 0.15) is 0 Å². The van der Waals surface area contributed by atoms with Crippen molar-refractivity contribution in [3.8, 4) is 0 Å². The summed E-state index contributed by atoms with van der Waals surface area (Å²) >= 11 is 0. The van der Waals surface area contributed by atoms with E-state index in [2.05, 4.69) is 66.3 Å². The van der Waals surface area contributed by atoms with Gasteiger partial charge in [0.2, 0.25) is 0 Å². The van der Waals surface area contributed by atoms with E-state index in [9.17, 15) is 5.11 Å². The molecule has 0 heterocycles. The number of rotatable bonds is 6. The Morgan fingerprint density at radius 2 is 1.84 bits per heavy atom. The van der Waals surface area contributed by atoms with Crippen molar-refractivity contribution in [2.75, 3.05) is 0 Å². The van der Waals surface area contributed by atoms with E-state index in [0.29, 0.717) is 28.6 Å². The van der Waals surface area contributed by atoms with E-state index in [1.807, 2.05) is 0 Å². The molecule has 1 N–H and O–H groups in total. The lowest BCUT2D eigenvalue weighted by Gasteiger charge is -2.58. The Kier molecular flexibility index (Phi) is 6.90. The zero-order chi connectivity index (χ0) is 23.3. The predicted octanol–water partition coefficient (Wildman–Crippen LogP) is 8.36. The molecular weight excluding hydrogens is 388 g/mol. The van der Waals surface area contributed by atoms with Gasteiger partial charge in [0, 0.05) is 0 Å². The van der Waals surface area contributed by atoms with Crippen LogP contribution in [-0.2, 0) is 0 Å². The molecule has 1 heteroatoms. The number of hydrogen-bond acceptors (Lipinski definition) is 1. The van der Waals surface area contributed by atoms with Crippen LogP contribution in [0, 0.1) is 52.3 Å². The quantitative estimate of drug-likeness (QED) is 0.413. The molecule has 0 aromatic rings. The Labute approximate surface area is 198 Å². The van der Waals surface area contributed by atoms with E-state index >= 15 is 0 Å². The van der Waals surface area contributed by atoms with Crippen LogP contribution in [0.15, 0.2) is 36.0 Å². The van der Waals surface area contributed by atoms with E-state index in [0.717, 1.165) is 42.9 Å². The lowest BCUT2D eigenvalue weighted by Crippen LogP contribution is -2.50. The highest BCUT2D eigenvalue weighted by atomic mass is 16.3. The Balaban J connectivity index is 1.52. The van der Waals surface area contributed by atoms with Gasteiger partial charge in [-0.2, -0.15) is 0 Å². The molecule has 0 aliphatic heterocycles. The third-order valence-corrected chi connectivity index (χ3v) is 11.1. The van der Waals surface area contributed by atoms with Crippen molar-refractivity contribution in [3.05, 3.63) is 36.0 Å². The molecule has 4 rings (SSSR count). The van der Waals surface area contributed by atoms with Crippen molar-refractivity contribution < 1.29 is 5.11 Å². The van der Waals surface area contributed by atoms with E-state index in [1.54, 1.807) is 5.57 Å². The highest BCUT2D eigenvalue weighted by molar-refractivity contribution is 5.25. The maximum atomic E-state index is 10.3. The summed E-state index contributed by atoms with van der Waals surface area (Å²) in [6.07, 6.45) is 18.7. The van der Waals surface area contributed by atoms with Crippen molar-refractivity contribution in [1.29, 1.82) is 0 Å². The lowest BCUT2D eigenvalue weighted by atomic mass is 9.47. The van der Waals surface area contributed by atoms with Crippen LogP contribution in [-0.4, -0.2) is 11.2 Å². The summed E-state index contributed by atoms with van der Waals surface area (Å²) in [4.78, 5) is 0. The minimum Gasteiger partial charge on any atom is -0.393 e. The highest BCUT2D eigenvalue weighted by Gasteiger charge is 2.58. The maximum Gasteiger partial charge on any atom is 0.0577 e. The van der Waals surface area contributed by atoms with Crippen molar-refractivity contribution in [2.45, 2.75) is 105 Å². The third kappa shape index (κ3) is 3.99. The number of aliphatic hydroxyl groups is 1. The summed E-state index contributed by atoms with van der Waals surface area (Å²) in [6, 6.07) is 0. The largest absolute Gasteiger partial charge is 0.393 e. The fourth-order valence-corrected chi connectivity index (χ4v) is 9.04. The van der Waals surface area contributed by atoms with Crippen LogP contribution in [0.3, 0.4) is 0 Å². The van der Waals surface area contributed by atoms with E-state index in [1.165, 1.54) is 44.1 Å². The minimum atomic E-state index is -0.0957. The lowest BCUT2D eigenvalue weighted by molar-refractivity contribution is -0.0540. The summed E-state index contributed by atoms with van der Waals surface area (Å²) in [6.45, 7) is 19.0. The first-order chi connectivity index (χ1) is 15.1.